The fraction of sp³-hybridized carbons (Fsp3) is 0.130. The van der Waals surface area contributed by atoms with Gasteiger partial charge in [-0.25, -0.2) is 14.2 Å². The number of esters is 1. The normalized spacial score (nSPS) is 10.9. The number of aromatic nitrogens is 1. The smallest absolute Gasteiger partial charge is 0.333 e. The summed E-state index contributed by atoms with van der Waals surface area (Å²) in [5.41, 5.74) is 6.20. The van der Waals surface area contributed by atoms with Gasteiger partial charge in [0, 0.05) is 24.0 Å². The van der Waals surface area contributed by atoms with Crippen LogP contribution >= 0.6 is 12.4 Å². The molecule has 11 heteroatoms. The maximum Gasteiger partial charge on any atom is 0.333 e. The highest BCUT2D eigenvalue weighted by Crippen LogP contribution is 2.27. The fourth-order valence-electron chi connectivity index (χ4n) is 2.88. The summed E-state index contributed by atoms with van der Waals surface area (Å²) >= 11 is 0. The van der Waals surface area contributed by atoms with Crippen molar-refractivity contribution in [3.8, 4) is 11.5 Å². The van der Waals surface area contributed by atoms with Gasteiger partial charge in [0.1, 0.15) is 18.0 Å². The number of methoxy groups -OCH3 is 1. The number of pyridine rings is 1. The number of hydrogen-bond donors (Lipinski definition) is 3. The van der Waals surface area contributed by atoms with Crippen LogP contribution in [0.3, 0.4) is 0 Å². The molecule has 2 aromatic carbocycles. The first-order valence-corrected chi connectivity index (χ1v) is 9.76. The quantitative estimate of drug-likeness (QED) is 0.327. The van der Waals surface area contributed by atoms with Gasteiger partial charge in [0.05, 0.1) is 7.11 Å². The van der Waals surface area contributed by atoms with Crippen molar-refractivity contribution in [1.29, 1.82) is 0 Å². The number of nitrogens with one attached hydrogen (secondary N) is 2. The first kappa shape index (κ1) is 26.1. The van der Waals surface area contributed by atoms with Crippen LogP contribution in [0.4, 0.5) is 15.9 Å². The van der Waals surface area contributed by atoms with Crippen LogP contribution in [-0.2, 0) is 19.1 Å². The van der Waals surface area contributed by atoms with Crippen LogP contribution in [0.25, 0.3) is 0 Å². The average molecular weight is 489 g/mol. The molecular weight excluding hydrogens is 467 g/mol. The summed E-state index contributed by atoms with van der Waals surface area (Å²) < 4.78 is 24.5. The first-order valence-electron chi connectivity index (χ1n) is 9.76. The molecule has 0 saturated heterocycles. The summed E-state index contributed by atoms with van der Waals surface area (Å²) in [6.45, 7) is 0. The highest BCUT2D eigenvalue weighted by Gasteiger charge is 2.24. The maximum absolute atomic E-state index is 14.4. The zero-order valence-electron chi connectivity index (χ0n) is 18.0. The molecule has 34 heavy (non-hydrogen) atoms. The Balaban J connectivity index is 0.00000408. The van der Waals surface area contributed by atoms with Gasteiger partial charge in [-0.1, -0.05) is 30.3 Å². The number of carbonyl (C=O) groups excluding carboxylic acids is 3. The minimum atomic E-state index is -1.06. The van der Waals surface area contributed by atoms with Gasteiger partial charge in [-0.2, -0.15) is 0 Å². The first-order chi connectivity index (χ1) is 15.9. The number of carbonyl (C=O) groups is 3. The van der Waals surface area contributed by atoms with Crippen LogP contribution < -0.4 is 21.1 Å². The summed E-state index contributed by atoms with van der Waals surface area (Å²) in [5, 5.41) is 4.90. The molecule has 0 saturated carbocycles. The SMILES string of the molecule is COC(=O)[C@@H](NC(=O)CC(=O)Nc1ccc(Oc2ccnc(N)c2)c(F)c1)c1ccccc1.Cl. The van der Waals surface area contributed by atoms with Crippen LogP contribution in [0.15, 0.2) is 66.9 Å². The lowest BCUT2D eigenvalue weighted by Gasteiger charge is -2.17. The lowest BCUT2D eigenvalue weighted by Crippen LogP contribution is -2.36. The third-order valence-electron chi connectivity index (χ3n) is 4.39. The van der Waals surface area contributed by atoms with E-state index >= 15 is 0 Å². The Kier molecular flexibility index (Phi) is 9.33. The van der Waals surface area contributed by atoms with Gasteiger partial charge in [-0.05, 0) is 23.8 Å². The monoisotopic (exact) mass is 488 g/mol. The number of amides is 2. The molecule has 1 atom stereocenters. The lowest BCUT2D eigenvalue weighted by atomic mass is 10.1. The Labute approximate surface area is 200 Å². The Hall–Kier alpha value is -4.18. The Bertz CT molecular complexity index is 1160. The summed E-state index contributed by atoms with van der Waals surface area (Å²) in [5.74, 6) is -2.38. The van der Waals surface area contributed by atoms with E-state index in [9.17, 15) is 18.8 Å². The molecule has 0 aliphatic rings. The molecule has 178 valence electrons. The van der Waals surface area contributed by atoms with Crippen molar-refractivity contribution in [1.82, 2.24) is 10.3 Å². The van der Waals surface area contributed by atoms with Crippen LogP contribution in [0, 0.1) is 5.82 Å². The standard InChI is InChI=1S/C23H21FN4O5.ClH/c1-32-23(31)22(14-5-3-2-4-6-14)28-21(30)13-20(29)27-15-7-8-18(17(24)11-15)33-16-9-10-26-19(25)12-16;/h2-12,22H,13H2,1H3,(H2,25,26)(H,27,29)(H,28,30);1H/t22-;/m0./s1. The van der Waals surface area contributed by atoms with Crippen molar-refractivity contribution in [3.05, 3.63) is 78.2 Å². The van der Waals surface area contributed by atoms with Crippen molar-refractivity contribution in [2.24, 2.45) is 0 Å². The van der Waals surface area contributed by atoms with Crippen molar-refractivity contribution >= 4 is 41.7 Å². The van der Waals surface area contributed by atoms with E-state index in [0.717, 1.165) is 6.07 Å². The number of rotatable bonds is 8. The number of benzene rings is 2. The molecule has 0 radical (unpaired) electrons. The van der Waals surface area contributed by atoms with Crippen molar-refractivity contribution in [2.75, 3.05) is 18.2 Å². The summed E-state index contributed by atoms with van der Waals surface area (Å²) in [4.78, 5) is 40.4. The molecule has 0 bridgehead atoms. The van der Waals surface area contributed by atoms with E-state index in [1.54, 1.807) is 30.3 Å². The lowest BCUT2D eigenvalue weighted by molar-refractivity contribution is -0.145. The molecule has 1 aromatic heterocycles. The van der Waals surface area contributed by atoms with Gasteiger partial charge in [-0.15, -0.1) is 12.4 Å². The molecule has 3 aromatic rings. The van der Waals surface area contributed by atoms with Gasteiger partial charge in [0.2, 0.25) is 11.8 Å². The molecule has 1 heterocycles. The second kappa shape index (κ2) is 12.2. The zero-order valence-corrected chi connectivity index (χ0v) is 18.8. The topological polar surface area (TPSA) is 133 Å². The number of nitrogens with zero attached hydrogens (tertiary/aromatic N) is 1. The van der Waals surface area contributed by atoms with E-state index < -0.39 is 36.1 Å². The molecule has 4 N–H and O–H groups in total. The van der Waals surface area contributed by atoms with Crippen LogP contribution in [0.2, 0.25) is 0 Å². The van der Waals surface area contributed by atoms with E-state index in [-0.39, 0.29) is 29.7 Å². The molecule has 9 nitrogen and oxygen atoms in total. The van der Waals surface area contributed by atoms with Gasteiger partial charge in [0.15, 0.2) is 17.6 Å². The van der Waals surface area contributed by atoms with Crippen LogP contribution in [-0.4, -0.2) is 29.9 Å². The summed E-state index contributed by atoms with van der Waals surface area (Å²) in [6.07, 6.45) is 0.835. The molecule has 2 amide bonds. The second-order valence-corrected chi connectivity index (χ2v) is 6.82. The maximum atomic E-state index is 14.4. The average Bonchev–Trinajstić information content (AvgIpc) is 2.79. The third-order valence-corrected chi connectivity index (χ3v) is 4.39. The number of ether oxygens (including phenoxy) is 2. The predicted octanol–water partition coefficient (Wildman–Crippen LogP) is 3.38. The van der Waals surface area contributed by atoms with E-state index in [4.69, 9.17) is 15.2 Å². The minimum absolute atomic E-state index is 0. The van der Waals surface area contributed by atoms with Crippen molar-refractivity contribution in [2.45, 2.75) is 12.5 Å². The molecule has 0 aliphatic carbocycles. The van der Waals surface area contributed by atoms with E-state index in [2.05, 4.69) is 15.6 Å². The number of halogens is 2. The third kappa shape index (κ3) is 7.17. The number of anilines is 2. The molecule has 0 fully saturated rings. The summed E-state index contributed by atoms with van der Waals surface area (Å²) in [7, 11) is 1.20. The largest absolute Gasteiger partial charge is 0.467 e. The Morgan fingerprint density at radius 1 is 1.06 bits per heavy atom. The number of nitrogen functional groups attached to an aromatic ring is 1. The molecule has 0 aliphatic heterocycles. The predicted molar refractivity (Wildman–Crippen MR) is 125 cm³/mol. The Morgan fingerprint density at radius 3 is 2.44 bits per heavy atom. The zero-order chi connectivity index (χ0) is 23.8. The van der Waals surface area contributed by atoms with Crippen LogP contribution in [0.1, 0.15) is 18.0 Å². The fourth-order valence-corrected chi connectivity index (χ4v) is 2.88. The van der Waals surface area contributed by atoms with E-state index in [0.29, 0.717) is 11.3 Å². The highest BCUT2D eigenvalue weighted by atomic mass is 35.5. The highest BCUT2D eigenvalue weighted by molar-refractivity contribution is 6.04. The minimum Gasteiger partial charge on any atom is -0.467 e. The molecular formula is C23H22ClFN4O5. The van der Waals surface area contributed by atoms with E-state index in [1.807, 2.05) is 0 Å². The van der Waals surface area contributed by atoms with Gasteiger partial charge in [0.25, 0.3) is 0 Å². The second-order valence-electron chi connectivity index (χ2n) is 6.82. The summed E-state index contributed by atoms with van der Waals surface area (Å²) in [6, 6.07) is 14.1. The number of nitrogens with two attached hydrogens (primary N) is 1. The van der Waals surface area contributed by atoms with Gasteiger partial charge >= 0.3 is 5.97 Å². The molecule has 3 rings (SSSR count). The Morgan fingerprint density at radius 2 is 1.79 bits per heavy atom. The van der Waals surface area contributed by atoms with Crippen molar-refractivity contribution < 1.29 is 28.2 Å². The molecule has 0 spiro atoms. The van der Waals surface area contributed by atoms with E-state index in [1.165, 1.54) is 37.6 Å². The number of hydrogen-bond acceptors (Lipinski definition) is 7. The van der Waals surface area contributed by atoms with Gasteiger partial charge in [-0.3, -0.25) is 9.59 Å². The molecule has 0 unspecified atom stereocenters. The van der Waals surface area contributed by atoms with Crippen LogP contribution in [0.5, 0.6) is 11.5 Å². The van der Waals surface area contributed by atoms with Crippen molar-refractivity contribution in [3.63, 3.8) is 0 Å². The van der Waals surface area contributed by atoms with Gasteiger partial charge < -0.3 is 25.8 Å².